The van der Waals surface area contributed by atoms with Gasteiger partial charge in [-0.05, 0) is 51.6 Å². The van der Waals surface area contributed by atoms with E-state index in [1.807, 2.05) is 0 Å². The molecule has 1 aliphatic carbocycles. The summed E-state index contributed by atoms with van der Waals surface area (Å²) in [4.78, 5) is 14.2. The molecule has 118 valence electrons. The van der Waals surface area contributed by atoms with Gasteiger partial charge in [0.25, 0.3) is 0 Å². The van der Waals surface area contributed by atoms with Crippen LogP contribution >= 0.6 is 0 Å². The molecule has 0 aromatic heterocycles. The van der Waals surface area contributed by atoms with Gasteiger partial charge in [-0.25, -0.2) is 0 Å². The molecule has 0 aromatic carbocycles. The van der Waals surface area contributed by atoms with Gasteiger partial charge < -0.3 is 15.0 Å². The average Bonchev–Trinajstić information content (AvgIpc) is 2.50. The van der Waals surface area contributed by atoms with Gasteiger partial charge in [-0.3, -0.25) is 4.79 Å². The molecule has 0 bridgehead atoms. The fourth-order valence-electron chi connectivity index (χ4n) is 3.11. The predicted molar refractivity (Wildman–Crippen MR) is 82.8 cm³/mol. The molecule has 1 saturated carbocycles. The van der Waals surface area contributed by atoms with Gasteiger partial charge in [0.05, 0.1) is 7.11 Å². The smallest absolute Gasteiger partial charge is 0.324 e. The summed E-state index contributed by atoms with van der Waals surface area (Å²) in [5.41, 5.74) is 0. The Morgan fingerprint density at radius 2 is 1.95 bits per heavy atom. The summed E-state index contributed by atoms with van der Waals surface area (Å²) in [6.07, 6.45) is 7.51. The lowest BCUT2D eigenvalue weighted by Gasteiger charge is -2.35. The van der Waals surface area contributed by atoms with Gasteiger partial charge in [0.2, 0.25) is 0 Å². The number of hydrogen-bond acceptors (Lipinski definition) is 4. The SMILES string of the molecule is CCCNC(CN(C)C1CCC(CC)CC1)C(=O)OC. The van der Waals surface area contributed by atoms with Gasteiger partial charge in [0, 0.05) is 12.6 Å². The minimum atomic E-state index is -0.200. The van der Waals surface area contributed by atoms with Gasteiger partial charge in [-0.15, -0.1) is 0 Å². The number of rotatable bonds is 8. The number of carbonyl (C=O) groups is 1. The van der Waals surface area contributed by atoms with Crippen LogP contribution in [0.3, 0.4) is 0 Å². The second-order valence-corrected chi connectivity index (χ2v) is 6.05. The van der Waals surface area contributed by atoms with Crippen LogP contribution in [0.1, 0.15) is 52.4 Å². The van der Waals surface area contributed by atoms with Crippen molar-refractivity contribution in [2.75, 3.05) is 27.2 Å². The summed E-state index contributed by atoms with van der Waals surface area (Å²) in [5, 5.41) is 3.29. The number of nitrogens with one attached hydrogen (secondary N) is 1. The molecule has 0 saturated heterocycles. The maximum Gasteiger partial charge on any atom is 0.324 e. The normalized spacial score (nSPS) is 24.6. The highest BCUT2D eigenvalue weighted by Crippen LogP contribution is 2.28. The maximum atomic E-state index is 11.8. The standard InChI is InChI=1S/C16H32N2O2/c1-5-11-17-15(16(19)20-4)12-18(3)14-9-7-13(6-2)8-10-14/h13-15,17H,5-12H2,1-4H3. The third-order valence-electron chi connectivity index (χ3n) is 4.61. The van der Waals surface area contributed by atoms with E-state index in [1.54, 1.807) is 0 Å². The lowest BCUT2D eigenvalue weighted by Crippen LogP contribution is -2.49. The first kappa shape index (κ1) is 17.4. The summed E-state index contributed by atoms with van der Waals surface area (Å²) >= 11 is 0. The molecular weight excluding hydrogens is 252 g/mol. The quantitative estimate of drug-likeness (QED) is 0.695. The molecule has 1 atom stereocenters. The van der Waals surface area contributed by atoms with Gasteiger partial charge in [-0.1, -0.05) is 20.3 Å². The summed E-state index contributed by atoms with van der Waals surface area (Å²) in [7, 11) is 3.61. The van der Waals surface area contributed by atoms with E-state index in [9.17, 15) is 4.79 Å². The van der Waals surface area contributed by atoms with Crippen LogP contribution in [-0.4, -0.2) is 50.2 Å². The van der Waals surface area contributed by atoms with Crippen molar-refractivity contribution in [2.45, 2.75) is 64.5 Å². The number of esters is 1. The molecule has 0 spiro atoms. The Kier molecular flexibility index (Phi) is 8.15. The third kappa shape index (κ3) is 5.41. The van der Waals surface area contributed by atoms with Crippen molar-refractivity contribution >= 4 is 5.97 Å². The number of hydrogen-bond donors (Lipinski definition) is 1. The minimum Gasteiger partial charge on any atom is -0.468 e. The molecule has 1 unspecified atom stereocenters. The molecule has 0 aromatic rings. The third-order valence-corrected chi connectivity index (χ3v) is 4.61. The molecule has 0 aliphatic heterocycles. The molecule has 1 N–H and O–H groups in total. The first-order valence-electron chi connectivity index (χ1n) is 8.13. The Bertz CT molecular complexity index is 276. The predicted octanol–water partition coefficient (Wildman–Crippen LogP) is 2.43. The van der Waals surface area contributed by atoms with Crippen LogP contribution in [0, 0.1) is 5.92 Å². The average molecular weight is 284 g/mol. The van der Waals surface area contributed by atoms with Gasteiger partial charge in [0.1, 0.15) is 6.04 Å². The van der Waals surface area contributed by atoms with Crippen molar-refractivity contribution in [3.05, 3.63) is 0 Å². The highest BCUT2D eigenvalue weighted by atomic mass is 16.5. The first-order chi connectivity index (χ1) is 9.62. The van der Waals surface area contributed by atoms with Crippen LogP contribution < -0.4 is 5.32 Å². The Labute approximate surface area is 124 Å². The zero-order chi connectivity index (χ0) is 15.0. The summed E-state index contributed by atoms with van der Waals surface area (Å²) in [6, 6.07) is 0.419. The van der Waals surface area contributed by atoms with E-state index in [2.05, 4.69) is 31.1 Å². The van der Waals surface area contributed by atoms with E-state index in [4.69, 9.17) is 4.74 Å². The molecule has 4 nitrogen and oxygen atoms in total. The fraction of sp³-hybridized carbons (Fsp3) is 0.938. The van der Waals surface area contributed by atoms with Crippen LogP contribution in [0.5, 0.6) is 0 Å². The van der Waals surface area contributed by atoms with Crippen molar-refractivity contribution in [1.29, 1.82) is 0 Å². The van der Waals surface area contributed by atoms with Gasteiger partial charge in [0.15, 0.2) is 0 Å². The van der Waals surface area contributed by atoms with Crippen molar-refractivity contribution in [3.63, 3.8) is 0 Å². The van der Waals surface area contributed by atoms with E-state index >= 15 is 0 Å². The lowest BCUT2D eigenvalue weighted by molar-refractivity contribution is -0.143. The number of methoxy groups -OCH3 is 1. The van der Waals surface area contributed by atoms with Crippen LogP contribution in [0.2, 0.25) is 0 Å². The van der Waals surface area contributed by atoms with E-state index in [0.717, 1.165) is 25.4 Å². The van der Waals surface area contributed by atoms with Crippen LogP contribution in [0.4, 0.5) is 0 Å². The highest BCUT2D eigenvalue weighted by Gasteiger charge is 2.27. The summed E-state index contributed by atoms with van der Waals surface area (Å²) in [5.74, 6) is 0.766. The second kappa shape index (κ2) is 9.35. The maximum absolute atomic E-state index is 11.8. The van der Waals surface area contributed by atoms with Gasteiger partial charge in [-0.2, -0.15) is 0 Å². The van der Waals surface area contributed by atoms with E-state index < -0.39 is 0 Å². The van der Waals surface area contributed by atoms with Crippen molar-refractivity contribution < 1.29 is 9.53 Å². The zero-order valence-electron chi connectivity index (χ0n) is 13.7. The first-order valence-corrected chi connectivity index (χ1v) is 8.13. The second-order valence-electron chi connectivity index (χ2n) is 6.05. The Morgan fingerprint density at radius 3 is 2.45 bits per heavy atom. The summed E-state index contributed by atoms with van der Waals surface area (Å²) in [6.45, 7) is 6.00. The number of carbonyl (C=O) groups excluding carboxylic acids is 1. The van der Waals surface area contributed by atoms with Gasteiger partial charge >= 0.3 is 5.97 Å². The molecule has 4 heteroatoms. The van der Waals surface area contributed by atoms with Crippen LogP contribution in [0.25, 0.3) is 0 Å². The van der Waals surface area contributed by atoms with Crippen LogP contribution in [-0.2, 0) is 9.53 Å². The van der Waals surface area contributed by atoms with E-state index in [0.29, 0.717) is 6.04 Å². The zero-order valence-corrected chi connectivity index (χ0v) is 13.7. The molecule has 1 aliphatic rings. The summed E-state index contributed by atoms with van der Waals surface area (Å²) < 4.78 is 4.90. The van der Waals surface area contributed by atoms with Crippen LogP contribution in [0.15, 0.2) is 0 Å². The Morgan fingerprint density at radius 1 is 1.30 bits per heavy atom. The minimum absolute atomic E-state index is 0.146. The van der Waals surface area contributed by atoms with Crippen molar-refractivity contribution in [1.82, 2.24) is 10.2 Å². The highest BCUT2D eigenvalue weighted by molar-refractivity contribution is 5.75. The monoisotopic (exact) mass is 284 g/mol. The topological polar surface area (TPSA) is 41.6 Å². The molecular formula is C16H32N2O2. The molecule has 0 heterocycles. The van der Waals surface area contributed by atoms with E-state index in [-0.39, 0.29) is 12.0 Å². The number of nitrogens with zero attached hydrogens (tertiary/aromatic N) is 1. The molecule has 0 amide bonds. The van der Waals surface area contributed by atoms with Crippen molar-refractivity contribution in [3.8, 4) is 0 Å². The Hall–Kier alpha value is -0.610. The number of ether oxygens (including phenoxy) is 1. The largest absolute Gasteiger partial charge is 0.468 e. The molecule has 1 rings (SSSR count). The van der Waals surface area contributed by atoms with E-state index in [1.165, 1.54) is 39.2 Å². The fourth-order valence-corrected chi connectivity index (χ4v) is 3.11. The Balaban J connectivity index is 2.44. The number of likely N-dealkylation sites (N-methyl/N-ethyl adjacent to an activating group) is 1. The molecule has 0 radical (unpaired) electrons. The van der Waals surface area contributed by atoms with Crippen molar-refractivity contribution in [2.24, 2.45) is 5.92 Å². The lowest BCUT2D eigenvalue weighted by atomic mass is 9.84. The molecule has 20 heavy (non-hydrogen) atoms. The molecule has 1 fully saturated rings.